The Hall–Kier alpha value is -2.96. The second kappa shape index (κ2) is 5.35. The molecular weight excluding hydrogens is 301 g/mol. The Labute approximate surface area is 131 Å². The number of halogens is 1. The van der Waals surface area contributed by atoms with Crippen LogP contribution in [0.5, 0.6) is 5.75 Å². The molecule has 0 radical (unpaired) electrons. The van der Waals surface area contributed by atoms with Gasteiger partial charge in [0.25, 0.3) is 0 Å². The molecule has 0 aliphatic carbocycles. The molecule has 0 spiro atoms. The number of nitrogens with zero attached hydrogens (tertiary/aromatic N) is 3. The van der Waals surface area contributed by atoms with Crippen LogP contribution in [0, 0.1) is 26.6 Å². The first-order valence-corrected chi connectivity index (χ1v) is 6.91. The fraction of sp³-hybridized carbons (Fsp3) is 0.188. The van der Waals surface area contributed by atoms with Gasteiger partial charge in [-0.1, -0.05) is 5.16 Å². The van der Waals surface area contributed by atoms with Crippen molar-refractivity contribution in [2.45, 2.75) is 20.8 Å². The topological polar surface area (TPSA) is 81.2 Å². The maximum Gasteiger partial charge on any atom is 0.154 e. The lowest BCUT2D eigenvalue weighted by atomic mass is 10.0. The molecule has 1 N–H and O–H groups in total. The molecule has 2 aromatic heterocycles. The van der Waals surface area contributed by atoms with Crippen LogP contribution in [0.1, 0.15) is 27.5 Å². The van der Waals surface area contributed by atoms with Crippen molar-refractivity contribution in [1.29, 1.82) is 0 Å². The zero-order valence-corrected chi connectivity index (χ0v) is 12.8. The van der Waals surface area contributed by atoms with Gasteiger partial charge in [-0.15, -0.1) is 0 Å². The molecule has 2 heterocycles. The Balaban J connectivity index is 2.37. The number of hydrogen-bond acceptors (Lipinski definition) is 5. The molecule has 23 heavy (non-hydrogen) atoms. The average molecular weight is 315 g/mol. The Kier molecular flexibility index (Phi) is 3.48. The highest BCUT2D eigenvalue weighted by Crippen LogP contribution is 2.33. The highest BCUT2D eigenvalue weighted by Gasteiger charge is 2.24. The van der Waals surface area contributed by atoms with E-state index >= 15 is 0 Å². The van der Waals surface area contributed by atoms with Crippen LogP contribution in [-0.2, 0) is 0 Å². The summed E-state index contributed by atoms with van der Waals surface area (Å²) in [6.07, 6.45) is 0.679. The molecule has 1 aromatic carbocycles. The monoisotopic (exact) mass is 315 g/mol. The van der Waals surface area contributed by atoms with E-state index in [0.717, 1.165) is 6.07 Å². The van der Waals surface area contributed by atoms with Crippen LogP contribution < -0.4 is 0 Å². The molecule has 7 heteroatoms. The van der Waals surface area contributed by atoms with E-state index in [2.05, 4.69) is 10.3 Å². The van der Waals surface area contributed by atoms with Crippen molar-refractivity contribution < 1.29 is 18.8 Å². The molecule has 3 aromatic rings. The largest absolute Gasteiger partial charge is 0.508 e. The molecule has 0 saturated heterocycles. The number of aromatic nitrogens is 3. The van der Waals surface area contributed by atoms with E-state index in [4.69, 9.17) is 4.52 Å². The Morgan fingerprint density at radius 2 is 2.00 bits per heavy atom. The van der Waals surface area contributed by atoms with Gasteiger partial charge in [0.05, 0.1) is 28.2 Å². The minimum atomic E-state index is -0.655. The number of carbonyl (C=O) groups excluding carboxylic acids is 1. The van der Waals surface area contributed by atoms with Crippen LogP contribution in [0.15, 0.2) is 22.7 Å². The van der Waals surface area contributed by atoms with Gasteiger partial charge in [0.15, 0.2) is 12.1 Å². The van der Waals surface area contributed by atoms with E-state index in [1.54, 1.807) is 20.8 Å². The van der Waals surface area contributed by atoms with Gasteiger partial charge >= 0.3 is 0 Å². The number of benzene rings is 1. The van der Waals surface area contributed by atoms with E-state index in [-0.39, 0.29) is 11.4 Å². The molecule has 0 fully saturated rings. The minimum Gasteiger partial charge on any atom is -0.508 e. The molecule has 118 valence electrons. The van der Waals surface area contributed by atoms with E-state index in [1.807, 2.05) is 0 Å². The third-order valence-corrected chi connectivity index (χ3v) is 3.65. The van der Waals surface area contributed by atoms with Crippen molar-refractivity contribution in [2.24, 2.45) is 0 Å². The van der Waals surface area contributed by atoms with Crippen molar-refractivity contribution >= 4 is 6.29 Å². The third-order valence-electron chi connectivity index (χ3n) is 3.65. The second-order valence-electron chi connectivity index (χ2n) is 5.21. The van der Waals surface area contributed by atoms with Gasteiger partial charge in [-0.2, -0.15) is 5.10 Å². The number of aromatic hydroxyl groups is 1. The Morgan fingerprint density at radius 1 is 1.26 bits per heavy atom. The molecule has 0 saturated carbocycles. The fourth-order valence-electron chi connectivity index (χ4n) is 2.58. The molecule has 0 bridgehead atoms. The van der Waals surface area contributed by atoms with Gasteiger partial charge < -0.3 is 9.63 Å². The van der Waals surface area contributed by atoms with Crippen LogP contribution >= 0.6 is 0 Å². The number of aryl methyl sites for hydroxylation is 3. The normalized spacial score (nSPS) is 11.0. The summed E-state index contributed by atoms with van der Waals surface area (Å²) in [5, 5.41) is 17.5. The Bertz CT molecular complexity index is 892. The summed E-state index contributed by atoms with van der Waals surface area (Å²) in [5.74, 6) is -0.339. The number of phenols is 1. The van der Waals surface area contributed by atoms with E-state index in [9.17, 15) is 14.3 Å². The molecule has 0 aliphatic heterocycles. The van der Waals surface area contributed by atoms with Crippen LogP contribution in [0.4, 0.5) is 4.39 Å². The van der Waals surface area contributed by atoms with Gasteiger partial charge in [-0.25, -0.2) is 9.07 Å². The van der Waals surface area contributed by atoms with Crippen molar-refractivity contribution in [3.63, 3.8) is 0 Å². The lowest BCUT2D eigenvalue weighted by Crippen LogP contribution is -2.03. The number of rotatable bonds is 3. The first kappa shape index (κ1) is 15.0. The van der Waals surface area contributed by atoms with Gasteiger partial charge in [0.1, 0.15) is 17.2 Å². The van der Waals surface area contributed by atoms with Crippen molar-refractivity contribution in [2.75, 3.05) is 0 Å². The molecule has 3 rings (SSSR count). The first-order chi connectivity index (χ1) is 10.9. The van der Waals surface area contributed by atoms with Gasteiger partial charge in [0, 0.05) is 6.07 Å². The average Bonchev–Trinajstić information content (AvgIpc) is 2.98. The fourth-order valence-corrected chi connectivity index (χ4v) is 2.58. The third kappa shape index (κ3) is 2.30. The summed E-state index contributed by atoms with van der Waals surface area (Å²) in [7, 11) is 0. The van der Waals surface area contributed by atoms with Crippen LogP contribution in [0.2, 0.25) is 0 Å². The smallest absolute Gasteiger partial charge is 0.154 e. The predicted octanol–water partition coefficient (Wildman–Crippen LogP) is 3.11. The SMILES string of the molecule is Cc1nn(-c2ccc(O)cc2F)c(-c2c(C)noc2C)c1C=O. The van der Waals surface area contributed by atoms with Gasteiger partial charge in [0.2, 0.25) is 0 Å². The minimum absolute atomic E-state index is 0.119. The van der Waals surface area contributed by atoms with Gasteiger partial charge in [-0.3, -0.25) is 4.79 Å². The second-order valence-corrected chi connectivity index (χ2v) is 5.21. The highest BCUT2D eigenvalue weighted by molar-refractivity contribution is 5.89. The van der Waals surface area contributed by atoms with E-state index in [0.29, 0.717) is 40.3 Å². The van der Waals surface area contributed by atoms with E-state index < -0.39 is 5.82 Å². The summed E-state index contributed by atoms with van der Waals surface area (Å²) in [6.45, 7) is 5.12. The predicted molar refractivity (Wildman–Crippen MR) is 80.3 cm³/mol. The van der Waals surface area contributed by atoms with Gasteiger partial charge in [-0.05, 0) is 32.9 Å². The summed E-state index contributed by atoms with van der Waals surface area (Å²) in [4.78, 5) is 11.5. The van der Waals surface area contributed by atoms with E-state index in [1.165, 1.54) is 16.8 Å². The lowest BCUT2D eigenvalue weighted by Gasteiger charge is -2.09. The quantitative estimate of drug-likeness (QED) is 0.751. The number of carbonyl (C=O) groups is 1. The van der Waals surface area contributed by atoms with Crippen molar-refractivity contribution in [1.82, 2.24) is 14.9 Å². The van der Waals surface area contributed by atoms with Crippen LogP contribution in [-0.4, -0.2) is 26.3 Å². The maximum atomic E-state index is 14.3. The zero-order valence-electron chi connectivity index (χ0n) is 12.8. The molecular formula is C16H14FN3O3. The number of phenolic OH excluding ortho intramolecular Hbond substituents is 1. The lowest BCUT2D eigenvalue weighted by molar-refractivity contribution is 0.112. The van der Waals surface area contributed by atoms with Crippen LogP contribution in [0.3, 0.4) is 0 Å². The van der Waals surface area contributed by atoms with Crippen LogP contribution in [0.25, 0.3) is 16.9 Å². The molecule has 0 amide bonds. The zero-order chi connectivity index (χ0) is 16.7. The molecule has 0 unspecified atom stereocenters. The molecule has 0 aliphatic rings. The van der Waals surface area contributed by atoms with Crippen molar-refractivity contribution in [3.05, 3.63) is 46.7 Å². The summed E-state index contributed by atoms with van der Waals surface area (Å²) < 4.78 is 20.7. The summed E-state index contributed by atoms with van der Waals surface area (Å²) in [5.41, 5.74) is 2.51. The molecule has 0 atom stereocenters. The maximum absolute atomic E-state index is 14.3. The summed E-state index contributed by atoms with van der Waals surface area (Å²) >= 11 is 0. The standard InChI is InChI=1S/C16H14FN3O3/c1-8-12(7-21)16(15-9(2)19-23-10(15)3)20(18-8)14-5-4-11(22)6-13(14)17/h4-7,22H,1-3H3. The Morgan fingerprint density at radius 3 is 2.57 bits per heavy atom. The number of hydrogen-bond donors (Lipinski definition) is 1. The highest BCUT2D eigenvalue weighted by atomic mass is 19.1. The molecule has 6 nitrogen and oxygen atoms in total. The van der Waals surface area contributed by atoms with Crippen molar-refractivity contribution in [3.8, 4) is 22.7 Å². The summed E-state index contributed by atoms with van der Waals surface area (Å²) in [6, 6.07) is 3.74. The number of aldehydes is 1. The first-order valence-electron chi connectivity index (χ1n) is 6.91.